The van der Waals surface area contributed by atoms with Gasteiger partial charge in [0.1, 0.15) is 17.5 Å². The Morgan fingerprint density at radius 1 is 1.00 bits per heavy atom. The second-order valence-corrected chi connectivity index (χ2v) is 13.2. The van der Waals surface area contributed by atoms with Gasteiger partial charge in [-0.3, -0.25) is 10.1 Å². The van der Waals surface area contributed by atoms with E-state index in [1.165, 1.54) is 19.1 Å². The maximum absolute atomic E-state index is 16.2. The van der Waals surface area contributed by atoms with E-state index in [2.05, 4.69) is 10.3 Å². The lowest BCUT2D eigenvalue weighted by Crippen LogP contribution is -2.21. The molecular weight excluding hydrogens is 665 g/mol. The fourth-order valence-electron chi connectivity index (χ4n) is 6.28. The summed E-state index contributed by atoms with van der Waals surface area (Å²) < 4.78 is 58.8. The zero-order valence-corrected chi connectivity index (χ0v) is 29.0. The van der Waals surface area contributed by atoms with Crippen LogP contribution in [-0.2, 0) is 14.3 Å². The molecule has 264 valence electrons. The fourth-order valence-corrected chi connectivity index (χ4v) is 6.98. The Labute approximate surface area is 294 Å². The van der Waals surface area contributed by atoms with Crippen LogP contribution in [0.25, 0.3) is 28.5 Å². The molecule has 1 unspecified atom stereocenters. The van der Waals surface area contributed by atoms with Crippen molar-refractivity contribution in [1.82, 2.24) is 4.98 Å². The number of anilines is 1. The van der Waals surface area contributed by atoms with E-state index in [4.69, 9.17) is 9.47 Å². The van der Waals surface area contributed by atoms with E-state index < -0.39 is 35.4 Å². The minimum absolute atomic E-state index is 0.00913. The fraction of sp³-hybridized carbons (Fsp3) is 0.359. The Morgan fingerprint density at radius 3 is 2.42 bits per heavy atom. The van der Waals surface area contributed by atoms with Gasteiger partial charge in [-0.15, -0.1) is 11.3 Å². The molecule has 2 N–H and O–H groups in total. The number of aliphatic carboxylic acids is 1. The van der Waals surface area contributed by atoms with Crippen molar-refractivity contribution in [2.75, 3.05) is 25.1 Å². The number of nitrogens with zero attached hydrogens (tertiary/aromatic N) is 1. The van der Waals surface area contributed by atoms with Crippen LogP contribution in [0.15, 0.2) is 65.6 Å². The summed E-state index contributed by atoms with van der Waals surface area (Å²) in [6.45, 7) is 5.17. The number of nitrogens with one attached hydrogen (secondary N) is 1. The monoisotopic (exact) mass is 706 g/mol. The number of halogens is 3. The third-order valence-electron chi connectivity index (χ3n) is 8.84. The summed E-state index contributed by atoms with van der Waals surface area (Å²) in [6, 6.07) is 13.2. The number of ether oxygens (including phenoxy) is 2. The Bertz CT molecular complexity index is 1810. The van der Waals surface area contributed by atoms with Gasteiger partial charge >= 0.3 is 5.97 Å². The Hall–Kier alpha value is -4.32. The van der Waals surface area contributed by atoms with E-state index in [9.17, 15) is 14.7 Å². The number of carbonyl (C=O) groups excluding carboxylic acids is 1. The molecule has 0 radical (unpaired) electrons. The summed E-state index contributed by atoms with van der Waals surface area (Å²) in [6.07, 6.45) is 7.88. The third kappa shape index (κ3) is 9.07. The highest BCUT2D eigenvalue weighted by Gasteiger charge is 2.29. The predicted molar refractivity (Wildman–Crippen MR) is 190 cm³/mol. The maximum Gasteiger partial charge on any atom is 0.331 e. The SMILES string of the molecule is CCOCCCCOC(c1cccc(-c2csc(NC(=O)c3cc(F)c(-c4ccccc4C=C(C)C(=O)O)c(F)c3)n2)c1F)C1CCCCC1. The van der Waals surface area contributed by atoms with Crippen molar-refractivity contribution in [1.29, 1.82) is 0 Å². The molecule has 4 aromatic rings. The summed E-state index contributed by atoms with van der Waals surface area (Å²) in [5.74, 6) is -4.16. The Balaban J connectivity index is 1.34. The van der Waals surface area contributed by atoms with Crippen molar-refractivity contribution >= 4 is 34.4 Å². The van der Waals surface area contributed by atoms with Crippen molar-refractivity contribution in [2.45, 2.75) is 64.9 Å². The van der Waals surface area contributed by atoms with Crippen molar-refractivity contribution < 1.29 is 37.3 Å². The molecule has 1 heterocycles. The molecule has 0 saturated heterocycles. The molecule has 5 rings (SSSR count). The Morgan fingerprint density at radius 2 is 1.70 bits per heavy atom. The topological polar surface area (TPSA) is 97.8 Å². The van der Waals surface area contributed by atoms with Gasteiger partial charge in [-0.1, -0.05) is 55.7 Å². The van der Waals surface area contributed by atoms with Crippen LogP contribution >= 0.6 is 11.3 Å². The quantitative estimate of drug-likeness (QED) is 0.0944. The second kappa shape index (κ2) is 17.6. The van der Waals surface area contributed by atoms with Crippen molar-refractivity contribution in [2.24, 2.45) is 5.92 Å². The van der Waals surface area contributed by atoms with Gasteiger partial charge < -0.3 is 14.6 Å². The molecule has 1 fully saturated rings. The van der Waals surface area contributed by atoms with E-state index in [1.54, 1.807) is 41.8 Å². The molecule has 0 aliphatic heterocycles. The number of carboxylic acid groups (broad SMARTS) is 1. The van der Waals surface area contributed by atoms with Crippen LogP contribution in [0.5, 0.6) is 0 Å². The number of rotatable bonds is 15. The van der Waals surface area contributed by atoms with Gasteiger partial charge in [-0.25, -0.2) is 22.9 Å². The number of carboxylic acids is 1. The lowest BCUT2D eigenvalue weighted by atomic mass is 9.82. The smallest absolute Gasteiger partial charge is 0.331 e. The highest BCUT2D eigenvalue weighted by molar-refractivity contribution is 7.14. The van der Waals surface area contributed by atoms with Crippen LogP contribution in [-0.4, -0.2) is 41.8 Å². The number of unbranched alkanes of at least 4 members (excludes halogenated alkanes) is 1. The third-order valence-corrected chi connectivity index (χ3v) is 9.60. The van der Waals surface area contributed by atoms with Crippen LogP contribution < -0.4 is 5.32 Å². The van der Waals surface area contributed by atoms with E-state index in [0.717, 1.165) is 68.4 Å². The van der Waals surface area contributed by atoms with Crippen molar-refractivity contribution in [3.8, 4) is 22.4 Å². The van der Waals surface area contributed by atoms with Gasteiger partial charge in [-0.2, -0.15) is 0 Å². The molecule has 11 heteroatoms. The summed E-state index contributed by atoms with van der Waals surface area (Å²) >= 11 is 1.07. The van der Waals surface area contributed by atoms with Crippen LogP contribution in [0.3, 0.4) is 0 Å². The van der Waals surface area contributed by atoms with Gasteiger partial charge in [0.2, 0.25) is 0 Å². The molecule has 0 spiro atoms. The number of amides is 1. The van der Waals surface area contributed by atoms with Gasteiger partial charge in [0.05, 0.1) is 17.4 Å². The molecule has 50 heavy (non-hydrogen) atoms. The van der Waals surface area contributed by atoms with Crippen LogP contribution in [0.4, 0.5) is 18.3 Å². The van der Waals surface area contributed by atoms with Crippen LogP contribution in [0.1, 0.15) is 86.4 Å². The first-order valence-corrected chi connectivity index (χ1v) is 17.8. The largest absolute Gasteiger partial charge is 0.478 e. The van der Waals surface area contributed by atoms with Gasteiger partial charge in [0.25, 0.3) is 5.91 Å². The molecule has 1 saturated carbocycles. The zero-order chi connectivity index (χ0) is 35.6. The van der Waals surface area contributed by atoms with E-state index in [-0.39, 0.29) is 38.9 Å². The summed E-state index contributed by atoms with van der Waals surface area (Å²) in [7, 11) is 0. The Kier molecular flexibility index (Phi) is 13.0. The number of carbonyl (C=O) groups is 2. The van der Waals surface area contributed by atoms with E-state index in [0.29, 0.717) is 36.6 Å². The number of hydrogen-bond donors (Lipinski definition) is 2. The van der Waals surface area contributed by atoms with Crippen molar-refractivity contribution in [3.05, 3.63) is 99.7 Å². The first-order chi connectivity index (χ1) is 24.2. The van der Waals surface area contributed by atoms with E-state index >= 15 is 13.2 Å². The van der Waals surface area contributed by atoms with Gasteiger partial charge in [-0.05, 0) is 80.9 Å². The lowest BCUT2D eigenvalue weighted by molar-refractivity contribution is -0.132. The number of thiazole rings is 1. The standard InChI is InChI=1S/C39H41F3N2O5S/c1-3-48-18-9-10-19-49-36(25-12-5-4-6-13-25)30-17-11-16-29(35(30)42)33-23-50-39(43-33)44-37(45)27-21-31(40)34(32(41)22-27)28-15-8-7-14-26(28)20-24(2)38(46)47/h7-8,11,14-17,20-23,25,36H,3-6,9-10,12-13,18-19H2,1-2H3,(H,46,47)(H,43,44,45). The lowest BCUT2D eigenvalue weighted by Gasteiger charge is -2.31. The zero-order valence-electron chi connectivity index (χ0n) is 28.1. The molecule has 1 aliphatic rings. The molecule has 1 atom stereocenters. The number of hydrogen-bond acceptors (Lipinski definition) is 6. The van der Waals surface area contributed by atoms with Crippen LogP contribution in [0.2, 0.25) is 0 Å². The average molecular weight is 707 g/mol. The molecule has 3 aromatic carbocycles. The maximum atomic E-state index is 16.2. The molecule has 1 amide bonds. The predicted octanol–water partition coefficient (Wildman–Crippen LogP) is 10.1. The van der Waals surface area contributed by atoms with E-state index in [1.807, 2.05) is 6.92 Å². The molecular formula is C39H41F3N2O5S. The molecule has 1 aromatic heterocycles. The highest BCUT2D eigenvalue weighted by atomic mass is 32.1. The first kappa shape index (κ1) is 36.9. The molecule has 7 nitrogen and oxygen atoms in total. The number of aromatic nitrogens is 1. The second-order valence-electron chi connectivity index (χ2n) is 12.3. The minimum atomic E-state index is -1.16. The highest BCUT2D eigenvalue weighted by Crippen LogP contribution is 2.40. The minimum Gasteiger partial charge on any atom is -0.478 e. The summed E-state index contributed by atoms with van der Waals surface area (Å²) in [5, 5.41) is 13.6. The van der Waals surface area contributed by atoms with Gasteiger partial charge in [0.15, 0.2) is 5.13 Å². The summed E-state index contributed by atoms with van der Waals surface area (Å²) in [4.78, 5) is 28.9. The van der Waals surface area contributed by atoms with Crippen molar-refractivity contribution in [3.63, 3.8) is 0 Å². The normalized spacial score (nSPS) is 14.5. The first-order valence-electron chi connectivity index (χ1n) is 16.9. The van der Waals surface area contributed by atoms with Gasteiger partial charge in [0, 0.05) is 47.5 Å². The molecule has 0 bridgehead atoms. The average Bonchev–Trinajstić information content (AvgIpc) is 3.57. The van der Waals surface area contributed by atoms with Crippen LogP contribution in [0, 0.1) is 23.4 Å². The summed E-state index contributed by atoms with van der Waals surface area (Å²) in [5.41, 5.74) is 0.843. The molecule has 1 aliphatic carbocycles. The number of benzene rings is 3.